The van der Waals surface area contributed by atoms with Crippen molar-refractivity contribution in [3.8, 4) is 0 Å². The van der Waals surface area contributed by atoms with Crippen molar-refractivity contribution in [2.45, 2.75) is 49.5 Å². The van der Waals surface area contributed by atoms with Gasteiger partial charge in [-0.05, 0) is 15.9 Å². The van der Waals surface area contributed by atoms with E-state index in [-0.39, 0.29) is 13.0 Å². The van der Waals surface area contributed by atoms with Gasteiger partial charge in [0.2, 0.25) is 0 Å². The first-order chi connectivity index (χ1) is 12.1. The third-order valence-electron chi connectivity index (χ3n) is 3.80. The summed E-state index contributed by atoms with van der Waals surface area (Å²) >= 11 is 2.61. The number of carbonyl (C=O) groups is 4. The Morgan fingerprint density at radius 3 is 2.58 bits per heavy atom. The highest BCUT2D eigenvalue weighted by molar-refractivity contribution is 9.10. The number of carbonyl (C=O) groups excluding carboxylic acids is 4. The second-order valence-corrected chi connectivity index (χ2v) is 6.85. The smallest absolute Gasteiger partial charge is 0.328 e. The monoisotopic (exact) mass is 440 g/mol. The maximum Gasteiger partial charge on any atom is 0.328 e. The number of nitrogens with one attached hydrogen (secondary N) is 1. The highest BCUT2D eigenvalue weighted by Crippen LogP contribution is 2.37. The van der Waals surface area contributed by atoms with E-state index in [0.717, 1.165) is 12.0 Å². The van der Waals surface area contributed by atoms with Crippen LogP contribution in [0.5, 0.6) is 0 Å². The molecule has 0 saturated carbocycles. The zero-order valence-corrected chi connectivity index (χ0v) is 15.8. The minimum absolute atomic E-state index is 0.0317. The average molecular weight is 441 g/mol. The number of alkyl halides is 2. The van der Waals surface area contributed by atoms with Crippen LogP contribution in [0, 0.1) is 0 Å². The molecule has 0 radical (unpaired) electrons. The Morgan fingerprint density at radius 2 is 2.04 bits per heavy atom. The summed E-state index contributed by atoms with van der Waals surface area (Å²) in [6.45, 7) is 2.15. The Morgan fingerprint density at radius 1 is 1.38 bits per heavy atom. The molecule has 2 rings (SSSR count). The standard InChI is InChI=1S/C14H18BrFN2O8/c1-6(19)24-5-9-8(25-7(2)20)4-10(26-9)18-12(23-3)14(15,16)11(21)17-13(18)22/h8-10,12H,4-5H2,1-3H3,(H,17,21,22). The summed E-state index contributed by atoms with van der Waals surface area (Å²) in [4.78, 5) is 47.0. The van der Waals surface area contributed by atoms with E-state index in [4.69, 9.17) is 18.9 Å². The lowest BCUT2D eigenvalue weighted by atomic mass is 10.1. The number of esters is 2. The molecule has 0 aromatic heterocycles. The Labute approximate surface area is 156 Å². The molecule has 146 valence electrons. The number of amides is 3. The van der Waals surface area contributed by atoms with Crippen LogP contribution in [0.3, 0.4) is 0 Å². The molecule has 12 heteroatoms. The van der Waals surface area contributed by atoms with Crippen molar-refractivity contribution in [3.63, 3.8) is 0 Å². The fraction of sp³-hybridized carbons (Fsp3) is 0.714. The Balaban J connectivity index is 2.22. The summed E-state index contributed by atoms with van der Waals surface area (Å²) in [7, 11) is 1.12. The molecule has 0 aromatic carbocycles. The molecule has 10 nitrogen and oxygen atoms in total. The van der Waals surface area contributed by atoms with E-state index in [1.165, 1.54) is 13.8 Å². The van der Waals surface area contributed by atoms with Gasteiger partial charge in [0.05, 0.1) is 0 Å². The van der Waals surface area contributed by atoms with Gasteiger partial charge in [-0.3, -0.25) is 24.6 Å². The molecule has 1 N–H and O–H groups in total. The highest BCUT2D eigenvalue weighted by atomic mass is 79.9. The molecule has 0 spiro atoms. The fourth-order valence-corrected chi connectivity index (χ4v) is 3.25. The quantitative estimate of drug-likeness (QED) is 0.474. The van der Waals surface area contributed by atoms with Crippen molar-refractivity contribution in [1.82, 2.24) is 10.2 Å². The summed E-state index contributed by atoms with van der Waals surface area (Å²) in [6.07, 6.45) is -4.47. The maximum atomic E-state index is 14.6. The number of hydrogen-bond donors (Lipinski definition) is 1. The number of halogens is 2. The molecular weight excluding hydrogens is 423 g/mol. The molecule has 2 aliphatic rings. The Bertz CT molecular complexity index is 616. The number of imide groups is 1. The highest BCUT2D eigenvalue weighted by Gasteiger charge is 2.58. The van der Waals surface area contributed by atoms with Crippen molar-refractivity contribution in [2.24, 2.45) is 0 Å². The molecule has 0 aliphatic carbocycles. The summed E-state index contributed by atoms with van der Waals surface area (Å²) in [6, 6.07) is -0.936. The first-order valence-electron chi connectivity index (χ1n) is 7.58. The van der Waals surface area contributed by atoms with Gasteiger partial charge in [-0.1, -0.05) is 0 Å². The molecule has 3 amide bonds. The van der Waals surface area contributed by atoms with Crippen LogP contribution in [0.1, 0.15) is 20.3 Å². The zero-order valence-electron chi connectivity index (χ0n) is 14.2. The average Bonchev–Trinajstić information content (AvgIpc) is 2.90. The molecule has 5 atom stereocenters. The topological polar surface area (TPSA) is 120 Å². The second kappa shape index (κ2) is 7.84. The van der Waals surface area contributed by atoms with E-state index in [0.29, 0.717) is 0 Å². The largest absolute Gasteiger partial charge is 0.463 e. The lowest BCUT2D eigenvalue weighted by Gasteiger charge is -2.42. The van der Waals surface area contributed by atoms with E-state index in [1.54, 1.807) is 0 Å². The number of methoxy groups -OCH3 is 1. The van der Waals surface area contributed by atoms with E-state index in [9.17, 15) is 23.6 Å². The summed E-state index contributed by atoms with van der Waals surface area (Å²) in [5.41, 5.74) is 0. The summed E-state index contributed by atoms with van der Waals surface area (Å²) in [5.74, 6) is -2.39. The van der Waals surface area contributed by atoms with Crippen molar-refractivity contribution < 1.29 is 42.5 Å². The van der Waals surface area contributed by atoms with Crippen LogP contribution in [0.4, 0.5) is 9.18 Å². The van der Waals surface area contributed by atoms with E-state index in [1.807, 2.05) is 5.32 Å². The lowest BCUT2D eigenvalue weighted by molar-refractivity contribution is -0.174. The first-order valence-corrected chi connectivity index (χ1v) is 8.37. The van der Waals surface area contributed by atoms with Crippen LogP contribution < -0.4 is 5.32 Å². The van der Waals surface area contributed by atoms with Crippen molar-refractivity contribution in [2.75, 3.05) is 13.7 Å². The SMILES string of the molecule is COC1N(C2CC(OC(C)=O)C(COC(C)=O)O2)C(=O)NC(=O)C1(F)Br. The van der Waals surface area contributed by atoms with Gasteiger partial charge >= 0.3 is 18.0 Å². The summed E-state index contributed by atoms with van der Waals surface area (Å²) in [5, 5.41) is 1.85. The zero-order chi connectivity index (χ0) is 19.6. The fourth-order valence-electron chi connectivity index (χ4n) is 2.74. The molecule has 2 heterocycles. The van der Waals surface area contributed by atoms with Crippen LogP contribution >= 0.6 is 15.9 Å². The molecule has 26 heavy (non-hydrogen) atoms. The third-order valence-corrected chi connectivity index (χ3v) is 4.55. The predicted molar refractivity (Wildman–Crippen MR) is 84.4 cm³/mol. The first kappa shape index (κ1) is 20.5. The third kappa shape index (κ3) is 4.13. The molecule has 2 fully saturated rings. The lowest BCUT2D eigenvalue weighted by Crippen LogP contribution is -2.68. The number of nitrogens with zero attached hydrogens (tertiary/aromatic N) is 1. The summed E-state index contributed by atoms with van der Waals surface area (Å²) < 4.78 is 32.5. The number of ether oxygens (including phenoxy) is 4. The second-order valence-electron chi connectivity index (χ2n) is 5.69. The van der Waals surface area contributed by atoms with Gasteiger partial charge in [0.1, 0.15) is 25.0 Å². The van der Waals surface area contributed by atoms with Gasteiger partial charge in [0.15, 0.2) is 6.23 Å². The van der Waals surface area contributed by atoms with Crippen LogP contribution in [0.15, 0.2) is 0 Å². The Hall–Kier alpha value is -1.79. The molecule has 2 aliphatic heterocycles. The normalized spacial score (nSPS) is 34.4. The molecule has 5 unspecified atom stereocenters. The predicted octanol–water partition coefficient (Wildman–Crippen LogP) is 0.181. The van der Waals surface area contributed by atoms with Gasteiger partial charge in [-0.25, -0.2) is 9.18 Å². The van der Waals surface area contributed by atoms with Gasteiger partial charge in [0.25, 0.3) is 10.5 Å². The van der Waals surface area contributed by atoms with Crippen molar-refractivity contribution in [1.29, 1.82) is 0 Å². The number of hydrogen-bond acceptors (Lipinski definition) is 8. The number of rotatable bonds is 5. The van der Waals surface area contributed by atoms with Crippen LogP contribution in [-0.2, 0) is 33.3 Å². The van der Waals surface area contributed by atoms with Crippen LogP contribution in [0.25, 0.3) is 0 Å². The van der Waals surface area contributed by atoms with Crippen molar-refractivity contribution >= 4 is 39.8 Å². The van der Waals surface area contributed by atoms with Gasteiger partial charge in [-0.15, -0.1) is 0 Å². The molecule has 0 aromatic rings. The van der Waals surface area contributed by atoms with Gasteiger partial charge in [0, 0.05) is 27.4 Å². The minimum atomic E-state index is -2.70. The maximum absolute atomic E-state index is 14.6. The Kier molecular flexibility index (Phi) is 6.19. The van der Waals surface area contributed by atoms with E-state index >= 15 is 0 Å². The van der Waals surface area contributed by atoms with Gasteiger partial charge in [-0.2, -0.15) is 0 Å². The van der Waals surface area contributed by atoms with Crippen LogP contribution in [-0.4, -0.2) is 71.7 Å². The van der Waals surface area contributed by atoms with Crippen molar-refractivity contribution in [3.05, 3.63) is 0 Å². The number of urea groups is 1. The van der Waals surface area contributed by atoms with E-state index < -0.39 is 53.1 Å². The molecule has 0 bridgehead atoms. The minimum Gasteiger partial charge on any atom is -0.463 e. The van der Waals surface area contributed by atoms with Gasteiger partial charge < -0.3 is 18.9 Å². The van der Waals surface area contributed by atoms with Crippen LogP contribution in [0.2, 0.25) is 0 Å². The molecular formula is C14H18BrFN2O8. The van der Waals surface area contributed by atoms with E-state index in [2.05, 4.69) is 15.9 Å². The molecule has 2 saturated heterocycles.